The Morgan fingerprint density at radius 3 is 2.52 bits per heavy atom. The summed E-state index contributed by atoms with van der Waals surface area (Å²) < 4.78 is 14.5. The molecule has 2 nitrogen and oxygen atoms in total. The molecule has 0 saturated carbocycles. The second-order valence-corrected chi connectivity index (χ2v) is 6.25. The predicted molar refractivity (Wildman–Crippen MR) is 87.1 cm³/mol. The van der Waals surface area contributed by atoms with Crippen molar-refractivity contribution in [1.29, 1.82) is 0 Å². The van der Waals surface area contributed by atoms with Gasteiger partial charge in [0.15, 0.2) is 5.82 Å². The van der Waals surface area contributed by atoms with E-state index in [1.165, 1.54) is 12.1 Å². The van der Waals surface area contributed by atoms with E-state index in [2.05, 4.69) is 25.9 Å². The monoisotopic (exact) mass is 364 g/mol. The van der Waals surface area contributed by atoms with Crippen molar-refractivity contribution in [2.75, 3.05) is 0 Å². The van der Waals surface area contributed by atoms with Gasteiger partial charge in [0, 0.05) is 15.4 Å². The van der Waals surface area contributed by atoms with Crippen molar-refractivity contribution in [3.05, 3.63) is 56.9 Å². The Labute approximate surface area is 135 Å². The lowest BCUT2D eigenvalue weighted by atomic mass is 10.1. The molecule has 0 N–H and O–H groups in total. The van der Waals surface area contributed by atoms with Crippen LogP contribution >= 0.6 is 27.5 Å². The molecule has 3 aromatic rings. The van der Waals surface area contributed by atoms with Gasteiger partial charge in [-0.2, -0.15) is 0 Å². The van der Waals surface area contributed by atoms with Crippen LogP contribution in [0.5, 0.6) is 0 Å². The number of aromatic nitrogens is 2. The molecule has 1 aromatic heterocycles. The Balaban J connectivity index is 2.30. The molecule has 21 heavy (non-hydrogen) atoms. The standard InChI is InChI=1S/C16H11BrClFN2/c1-8-3-10(6-12(19)4-8)16-20-14-9(2)5-11(17)7-13(14)15(18)21-16/h3-7H,1-2H3. The average molecular weight is 366 g/mol. The summed E-state index contributed by atoms with van der Waals surface area (Å²) in [6.45, 7) is 3.79. The van der Waals surface area contributed by atoms with E-state index in [1.54, 1.807) is 0 Å². The van der Waals surface area contributed by atoms with Crippen LogP contribution in [0.25, 0.3) is 22.3 Å². The zero-order valence-corrected chi connectivity index (χ0v) is 13.8. The second-order valence-electron chi connectivity index (χ2n) is 4.97. The first-order chi connectivity index (χ1) is 9.94. The molecule has 0 atom stereocenters. The normalized spacial score (nSPS) is 11.1. The molecule has 0 radical (unpaired) electrons. The van der Waals surface area contributed by atoms with Crippen LogP contribution in [0.1, 0.15) is 11.1 Å². The van der Waals surface area contributed by atoms with E-state index in [0.29, 0.717) is 16.5 Å². The molecule has 3 rings (SSSR count). The lowest BCUT2D eigenvalue weighted by Crippen LogP contribution is -1.95. The van der Waals surface area contributed by atoms with Crippen LogP contribution in [0.3, 0.4) is 0 Å². The maximum Gasteiger partial charge on any atom is 0.161 e. The number of fused-ring (bicyclic) bond motifs is 1. The number of rotatable bonds is 1. The lowest BCUT2D eigenvalue weighted by molar-refractivity contribution is 0.627. The van der Waals surface area contributed by atoms with Crippen LogP contribution in [0, 0.1) is 19.7 Å². The molecule has 5 heteroatoms. The largest absolute Gasteiger partial charge is 0.228 e. The highest BCUT2D eigenvalue weighted by Crippen LogP contribution is 2.30. The van der Waals surface area contributed by atoms with Crippen LogP contribution in [-0.4, -0.2) is 9.97 Å². The summed E-state index contributed by atoms with van der Waals surface area (Å²) in [5.41, 5.74) is 3.20. The molecule has 0 aliphatic rings. The van der Waals surface area contributed by atoms with Crippen molar-refractivity contribution in [2.24, 2.45) is 0 Å². The van der Waals surface area contributed by atoms with Gasteiger partial charge in [-0.1, -0.05) is 27.5 Å². The lowest BCUT2D eigenvalue weighted by Gasteiger charge is -2.08. The molecule has 0 aliphatic carbocycles. The fourth-order valence-electron chi connectivity index (χ4n) is 2.32. The molecule has 0 unspecified atom stereocenters. The molecular weight excluding hydrogens is 355 g/mol. The van der Waals surface area contributed by atoms with Crippen LogP contribution < -0.4 is 0 Å². The fourth-order valence-corrected chi connectivity index (χ4v) is 3.12. The first-order valence-corrected chi connectivity index (χ1v) is 7.52. The number of benzene rings is 2. The van der Waals surface area contributed by atoms with Crippen LogP contribution in [-0.2, 0) is 0 Å². The minimum absolute atomic E-state index is 0.308. The van der Waals surface area contributed by atoms with Gasteiger partial charge in [-0.25, -0.2) is 14.4 Å². The third-order valence-electron chi connectivity index (χ3n) is 3.21. The first kappa shape index (κ1) is 14.4. The van der Waals surface area contributed by atoms with E-state index in [1.807, 2.05) is 32.0 Å². The highest BCUT2D eigenvalue weighted by atomic mass is 79.9. The quantitative estimate of drug-likeness (QED) is 0.534. The van der Waals surface area contributed by atoms with Gasteiger partial charge in [0.05, 0.1) is 5.52 Å². The summed E-state index contributed by atoms with van der Waals surface area (Å²) in [6.07, 6.45) is 0. The third-order valence-corrected chi connectivity index (χ3v) is 3.96. The Morgan fingerprint density at radius 1 is 1.05 bits per heavy atom. The number of nitrogens with zero attached hydrogens (tertiary/aromatic N) is 2. The van der Waals surface area contributed by atoms with E-state index in [0.717, 1.165) is 26.5 Å². The molecule has 106 valence electrons. The SMILES string of the molecule is Cc1cc(F)cc(-c2nc(Cl)c3cc(Br)cc(C)c3n2)c1. The number of hydrogen-bond acceptors (Lipinski definition) is 2. The second kappa shape index (κ2) is 5.35. The molecular formula is C16H11BrClFN2. The number of aryl methyl sites for hydroxylation is 2. The van der Waals surface area contributed by atoms with E-state index in [9.17, 15) is 4.39 Å². The summed E-state index contributed by atoms with van der Waals surface area (Å²) in [5.74, 6) is 0.123. The third kappa shape index (κ3) is 2.78. The summed E-state index contributed by atoms with van der Waals surface area (Å²) in [6, 6.07) is 8.57. The summed E-state index contributed by atoms with van der Waals surface area (Å²) in [5, 5.41) is 1.14. The fraction of sp³-hybridized carbons (Fsp3) is 0.125. The van der Waals surface area contributed by atoms with Gasteiger partial charge >= 0.3 is 0 Å². The average Bonchev–Trinajstić information content (AvgIpc) is 2.38. The smallest absolute Gasteiger partial charge is 0.161 e. The molecule has 0 amide bonds. The number of halogens is 3. The minimum atomic E-state index is -0.308. The van der Waals surface area contributed by atoms with Crippen LogP contribution in [0.15, 0.2) is 34.8 Å². The maximum atomic E-state index is 13.6. The van der Waals surface area contributed by atoms with Gasteiger partial charge in [0.1, 0.15) is 11.0 Å². The van der Waals surface area contributed by atoms with Gasteiger partial charge < -0.3 is 0 Å². The molecule has 1 heterocycles. The van der Waals surface area contributed by atoms with E-state index in [4.69, 9.17) is 11.6 Å². The number of hydrogen-bond donors (Lipinski definition) is 0. The Morgan fingerprint density at radius 2 is 1.81 bits per heavy atom. The highest BCUT2D eigenvalue weighted by Gasteiger charge is 2.11. The summed E-state index contributed by atoms with van der Waals surface area (Å²) in [7, 11) is 0. The maximum absolute atomic E-state index is 13.6. The van der Waals surface area contributed by atoms with E-state index >= 15 is 0 Å². The molecule has 2 aromatic carbocycles. The van der Waals surface area contributed by atoms with Crippen LogP contribution in [0.4, 0.5) is 4.39 Å². The van der Waals surface area contributed by atoms with E-state index < -0.39 is 0 Å². The predicted octanol–water partition coefficient (Wildman–Crippen LogP) is 5.47. The molecule has 0 fully saturated rings. The molecule has 0 aliphatic heterocycles. The van der Waals surface area contributed by atoms with Crippen molar-refractivity contribution in [1.82, 2.24) is 9.97 Å². The van der Waals surface area contributed by atoms with Crippen LogP contribution in [0.2, 0.25) is 5.15 Å². The first-order valence-electron chi connectivity index (χ1n) is 6.35. The molecule has 0 spiro atoms. The van der Waals surface area contributed by atoms with Crippen molar-refractivity contribution in [2.45, 2.75) is 13.8 Å². The van der Waals surface area contributed by atoms with Gasteiger partial charge in [-0.05, 0) is 55.3 Å². The van der Waals surface area contributed by atoms with Crippen molar-refractivity contribution in [3.8, 4) is 11.4 Å². The zero-order chi connectivity index (χ0) is 15.1. The van der Waals surface area contributed by atoms with Crippen molar-refractivity contribution < 1.29 is 4.39 Å². The van der Waals surface area contributed by atoms with Gasteiger partial charge in [-0.3, -0.25) is 0 Å². The van der Waals surface area contributed by atoms with Gasteiger partial charge in [0.25, 0.3) is 0 Å². The molecule has 0 saturated heterocycles. The Hall–Kier alpha value is -1.52. The summed E-state index contributed by atoms with van der Waals surface area (Å²) in [4.78, 5) is 8.85. The Bertz CT molecular complexity index is 844. The minimum Gasteiger partial charge on any atom is -0.228 e. The van der Waals surface area contributed by atoms with Gasteiger partial charge in [0.2, 0.25) is 0 Å². The zero-order valence-electron chi connectivity index (χ0n) is 11.4. The summed E-state index contributed by atoms with van der Waals surface area (Å²) >= 11 is 9.71. The molecule has 0 bridgehead atoms. The van der Waals surface area contributed by atoms with Crippen molar-refractivity contribution >= 4 is 38.4 Å². The topological polar surface area (TPSA) is 25.8 Å². The van der Waals surface area contributed by atoms with E-state index in [-0.39, 0.29) is 5.82 Å². The highest BCUT2D eigenvalue weighted by molar-refractivity contribution is 9.10. The Kier molecular flexibility index (Phi) is 3.68. The van der Waals surface area contributed by atoms with Crippen molar-refractivity contribution in [3.63, 3.8) is 0 Å². The van der Waals surface area contributed by atoms with Gasteiger partial charge in [-0.15, -0.1) is 0 Å².